The Morgan fingerprint density at radius 2 is 1.89 bits per heavy atom. The van der Waals surface area contributed by atoms with Gasteiger partial charge in [0.1, 0.15) is 11.9 Å². The van der Waals surface area contributed by atoms with Gasteiger partial charge in [-0.15, -0.1) is 0 Å². The monoisotopic (exact) mass is 654 g/mol. The summed E-state index contributed by atoms with van der Waals surface area (Å²) in [6.45, 7) is 2.90. The summed E-state index contributed by atoms with van der Waals surface area (Å²) in [6, 6.07) is 9.48. The van der Waals surface area contributed by atoms with Gasteiger partial charge < -0.3 is 25.8 Å². The van der Waals surface area contributed by atoms with E-state index in [9.17, 15) is 31.5 Å². The van der Waals surface area contributed by atoms with Gasteiger partial charge in [0, 0.05) is 35.8 Å². The summed E-state index contributed by atoms with van der Waals surface area (Å²) in [5, 5.41) is 17.9. The summed E-state index contributed by atoms with van der Waals surface area (Å²) in [6.07, 6.45) is -5.72. The number of alkyl halides is 3. The molecule has 16 heteroatoms. The Labute approximate surface area is 256 Å². The molecule has 0 bridgehead atoms. The maximum Gasteiger partial charge on any atom is 0.429 e. The van der Waals surface area contributed by atoms with Crippen LogP contribution in [0.3, 0.4) is 0 Å². The topological polar surface area (TPSA) is 174 Å². The third-order valence-corrected chi connectivity index (χ3v) is 9.52. The summed E-state index contributed by atoms with van der Waals surface area (Å²) in [7, 11) is -4.14. The van der Waals surface area contributed by atoms with Gasteiger partial charge >= 0.3 is 12.1 Å². The summed E-state index contributed by atoms with van der Waals surface area (Å²) >= 11 is 6.14. The van der Waals surface area contributed by atoms with E-state index in [1.165, 1.54) is 36.4 Å². The number of nitrogens with one attached hydrogen (secondary N) is 1. The van der Waals surface area contributed by atoms with Crippen LogP contribution in [0, 0.1) is 5.41 Å². The zero-order valence-corrected chi connectivity index (χ0v) is 25.0. The fourth-order valence-electron chi connectivity index (χ4n) is 6.03. The van der Waals surface area contributed by atoms with Gasteiger partial charge in [-0.2, -0.15) is 23.1 Å². The molecule has 1 spiro atoms. The number of carbonyl (C=O) groups is 1. The van der Waals surface area contributed by atoms with Crippen LogP contribution in [0.25, 0.3) is 11.1 Å². The van der Waals surface area contributed by atoms with Crippen molar-refractivity contribution >= 4 is 39.4 Å². The molecule has 2 aromatic carbocycles. The molecule has 0 radical (unpaired) electrons. The number of carboxylic acids is 1. The summed E-state index contributed by atoms with van der Waals surface area (Å²) in [5.74, 6) is -1.34. The van der Waals surface area contributed by atoms with Gasteiger partial charge in [-0.1, -0.05) is 29.8 Å². The number of hydrogen-bond acceptors (Lipinski definition) is 9. The van der Waals surface area contributed by atoms with E-state index in [1.807, 2.05) is 11.8 Å². The summed E-state index contributed by atoms with van der Waals surface area (Å²) in [4.78, 5) is 21.2. The molecule has 11 nitrogen and oxygen atoms in total. The van der Waals surface area contributed by atoms with Crippen molar-refractivity contribution in [1.29, 1.82) is 0 Å². The smallest absolute Gasteiger partial charge is 0.429 e. The van der Waals surface area contributed by atoms with Crippen molar-refractivity contribution < 1.29 is 36.2 Å². The first-order chi connectivity index (χ1) is 20.6. The highest BCUT2D eigenvalue weighted by atomic mass is 35.5. The lowest BCUT2D eigenvalue weighted by Gasteiger charge is -2.42. The van der Waals surface area contributed by atoms with Gasteiger partial charge in [0.2, 0.25) is 28.0 Å². The molecular weight excluding hydrogens is 625 g/mol. The number of aromatic nitrogens is 2. The highest BCUT2D eigenvalue weighted by Gasteiger charge is 2.49. The van der Waals surface area contributed by atoms with Gasteiger partial charge in [-0.25, -0.2) is 13.6 Å². The Morgan fingerprint density at radius 3 is 2.50 bits per heavy atom. The molecule has 3 atom stereocenters. The van der Waals surface area contributed by atoms with Gasteiger partial charge in [0.05, 0.1) is 4.90 Å². The van der Waals surface area contributed by atoms with Crippen LogP contribution < -0.4 is 25.8 Å². The van der Waals surface area contributed by atoms with E-state index in [-0.39, 0.29) is 49.8 Å². The van der Waals surface area contributed by atoms with E-state index in [2.05, 4.69) is 15.3 Å². The number of halogens is 4. The quantitative estimate of drug-likeness (QED) is 0.290. The van der Waals surface area contributed by atoms with Crippen LogP contribution in [-0.4, -0.2) is 60.8 Å². The molecule has 0 amide bonds. The molecule has 3 heterocycles. The minimum Gasteiger partial charge on any atom is -0.480 e. The normalized spacial score (nSPS) is 20.9. The fraction of sp³-hybridized carbons (Fsp3) is 0.393. The van der Waals surface area contributed by atoms with Crippen LogP contribution in [0.2, 0.25) is 5.02 Å². The van der Waals surface area contributed by atoms with Crippen LogP contribution in [0.15, 0.2) is 53.4 Å². The third-order valence-electron chi connectivity index (χ3n) is 8.38. The molecule has 3 aromatic rings. The first kappa shape index (κ1) is 31.8. The Hall–Kier alpha value is -3.66. The lowest BCUT2D eigenvalue weighted by molar-refractivity contribution is -0.198. The molecule has 2 aliphatic heterocycles. The van der Waals surface area contributed by atoms with Crippen molar-refractivity contribution in [2.45, 2.75) is 55.4 Å². The standard InChI is InChI=1S/C28H30ClF3N6O5S/c1-15-27(14-21(35-15)25(39)40)7-9-38(10-8-27)22-13-23(37-26(33)36-22)43-24(28(30,31)32)19-6-5-17(29)12-20(19)16-3-2-4-18(11-16)44(34,41)42/h2-6,11-13,15,21,24,35H,7-10,14H2,1H3,(H,39,40)(H2,33,36,37)(H2,34,41,42)/t15?,21?,24-/m1/s1. The lowest BCUT2D eigenvalue weighted by Crippen LogP contribution is -2.45. The van der Waals surface area contributed by atoms with Crippen LogP contribution in [0.5, 0.6) is 5.88 Å². The number of piperidine rings is 1. The first-order valence-electron chi connectivity index (χ1n) is 13.6. The van der Waals surface area contributed by atoms with Gasteiger partial charge in [0.15, 0.2) is 0 Å². The van der Waals surface area contributed by atoms with Crippen LogP contribution in [0.4, 0.5) is 24.9 Å². The highest BCUT2D eigenvalue weighted by Crippen LogP contribution is 2.45. The number of hydrogen-bond donors (Lipinski definition) is 4. The minimum absolute atomic E-state index is 0.0205. The molecule has 2 aliphatic rings. The van der Waals surface area contributed by atoms with Crippen molar-refractivity contribution in [2.75, 3.05) is 23.7 Å². The Balaban J connectivity index is 1.44. The Bertz CT molecular complexity index is 1680. The molecule has 5 rings (SSSR count). The van der Waals surface area contributed by atoms with Gasteiger partial charge in [-0.05, 0) is 67.0 Å². The third kappa shape index (κ3) is 6.55. The molecule has 2 unspecified atom stereocenters. The van der Waals surface area contributed by atoms with Crippen LogP contribution in [0.1, 0.15) is 37.9 Å². The number of carboxylic acid groups (broad SMARTS) is 1. The molecular formula is C28H30ClF3N6O5S. The predicted octanol–water partition coefficient (Wildman–Crippen LogP) is 4.13. The molecule has 236 valence electrons. The number of primary sulfonamides is 1. The number of nitrogens with two attached hydrogens (primary N) is 2. The molecule has 2 saturated heterocycles. The maximum atomic E-state index is 14.6. The van der Waals surface area contributed by atoms with Crippen molar-refractivity contribution in [2.24, 2.45) is 10.6 Å². The number of rotatable bonds is 7. The SMILES string of the molecule is CC1NC(C(=O)O)CC12CCN(c1cc(O[C@H](c3ccc(Cl)cc3-c3cccc(S(N)(=O)=O)c3)C(F)(F)F)nc(N)n1)CC2. The second-order valence-corrected chi connectivity index (χ2v) is 13.1. The largest absolute Gasteiger partial charge is 0.480 e. The van der Waals surface area contributed by atoms with E-state index in [1.54, 1.807) is 0 Å². The molecule has 0 saturated carbocycles. The Morgan fingerprint density at radius 1 is 1.18 bits per heavy atom. The molecule has 2 fully saturated rings. The maximum absolute atomic E-state index is 14.6. The predicted molar refractivity (Wildman–Crippen MR) is 157 cm³/mol. The van der Waals surface area contributed by atoms with Gasteiger partial charge in [-0.3, -0.25) is 4.79 Å². The number of aliphatic carboxylic acids is 1. The van der Waals surface area contributed by atoms with Crippen molar-refractivity contribution in [1.82, 2.24) is 15.3 Å². The van der Waals surface area contributed by atoms with E-state index in [4.69, 9.17) is 27.2 Å². The highest BCUT2D eigenvalue weighted by molar-refractivity contribution is 7.89. The van der Waals surface area contributed by atoms with Crippen LogP contribution in [-0.2, 0) is 14.8 Å². The lowest BCUT2D eigenvalue weighted by atomic mass is 9.72. The molecule has 1 aromatic heterocycles. The van der Waals surface area contributed by atoms with Crippen molar-refractivity contribution in [3.63, 3.8) is 0 Å². The molecule has 6 N–H and O–H groups in total. The summed E-state index contributed by atoms with van der Waals surface area (Å²) in [5.41, 5.74) is 5.43. The average Bonchev–Trinajstić information content (AvgIpc) is 3.26. The second kappa shape index (κ2) is 11.7. The number of anilines is 2. The van der Waals surface area contributed by atoms with Gasteiger partial charge in [0.25, 0.3) is 0 Å². The van der Waals surface area contributed by atoms with E-state index >= 15 is 0 Å². The molecule has 44 heavy (non-hydrogen) atoms. The van der Waals surface area contributed by atoms with Crippen molar-refractivity contribution in [3.05, 3.63) is 59.1 Å². The van der Waals surface area contributed by atoms with E-state index in [0.717, 1.165) is 12.1 Å². The van der Waals surface area contributed by atoms with Crippen molar-refractivity contribution in [3.8, 4) is 17.0 Å². The fourth-order valence-corrected chi connectivity index (χ4v) is 6.76. The number of nitrogens with zero attached hydrogens (tertiary/aromatic N) is 3. The van der Waals surface area contributed by atoms with E-state index in [0.29, 0.717) is 32.4 Å². The number of nitrogen functional groups attached to an aromatic ring is 1. The number of ether oxygens (including phenoxy) is 1. The zero-order valence-electron chi connectivity index (χ0n) is 23.4. The zero-order chi connectivity index (χ0) is 32.0. The average molecular weight is 655 g/mol. The van der Waals surface area contributed by atoms with E-state index < -0.39 is 40.2 Å². The summed E-state index contributed by atoms with van der Waals surface area (Å²) < 4.78 is 73.1. The number of benzene rings is 2. The molecule has 0 aliphatic carbocycles. The van der Waals surface area contributed by atoms with Crippen LogP contribution >= 0.6 is 11.6 Å². The minimum atomic E-state index is -4.94. The Kier molecular flexibility index (Phi) is 8.44. The number of sulfonamides is 1. The first-order valence-corrected chi connectivity index (χ1v) is 15.5. The second-order valence-electron chi connectivity index (χ2n) is 11.1.